The second-order valence-corrected chi connectivity index (χ2v) is 8.24. The number of fused-ring (bicyclic) bond motifs is 1. The van der Waals surface area contributed by atoms with Gasteiger partial charge in [-0.05, 0) is 37.1 Å². The van der Waals surface area contributed by atoms with Gasteiger partial charge in [-0.15, -0.1) is 0 Å². The molecule has 6 heteroatoms. The summed E-state index contributed by atoms with van der Waals surface area (Å²) in [7, 11) is 1.88. The molecule has 2 heterocycles. The highest BCUT2D eigenvalue weighted by Crippen LogP contribution is 2.31. The SMILES string of the molecule is CC(C)n1c(SCc2cccc(F)c2)nc2c(-c3ccccc3)cn(C)c2c1=O. The zero-order chi connectivity index (χ0) is 20.5. The Morgan fingerprint density at radius 3 is 2.55 bits per heavy atom. The van der Waals surface area contributed by atoms with Crippen molar-refractivity contribution in [2.75, 3.05) is 0 Å². The van der Waals surface area contributed by atoms with Gasteiger partial charge in [0, 0.05) is 30.6 Å². The molecular weight excluding hydrogens is 385 g/mol. The van der Waals surface area contributed by atoms with Crippen LogP contribution in [0.5, 0.6) is 0 Å². The van der Waals surface area contributed by atoms with Crippen LogP contribution in [0, 0.1) is 5.82 Å². The van der Waals surface area contributed by atoms with Gasteiger partial charge in [0.15, 0.2) is 5.16 Å². The van der Waals surface area contributed by atoms with Gasteiger partial charge in [-0.2, -0.15) is 0 Å². The minimum Gasteiger partial charge on any atom is -0.344 e. The lowest BCUT2D eigenvalue weighted by Crippen LogP contribution is -2.26. The zero-order valence-electron chi connectivity index (χ0n) is 16.6. The van der Waals surface area contributed by atoms with E-state index in [-0.39, 0.29) is 17.4 Å². The molecular formula is C23H22FN3OS. The van der Waals surface area contributed by atoms with Crippen molar-refractivity contribution in [1.29, 1.82) is 0 Å². The van der Waals surface area contributed by atoms with Crippen molar-refractivity contribution in [2.24, 2.45) is 7.05 Å². The summed E-state index contributed by atoms with van der Waals surface area (Å²) in [5, 5.41) is 0.644. The van der Waals surface area contributed by atoms with Crippen LogP contribution in [0.25, 0.3) is 22.2 Å². The third kappa shape index (κ3) is 3.72. The van der Waals surface area contributed by atoms with Crippen molar-refractivity contribution in [3.05, 3.63) is 82.5 Å². The van der Waals surface area contributed by atoms with Crippen LogP contribution in [0.3, 0.4) is 0 Å². The Hall–Kier alpha value is -2.86. The van der Waals surface area contributed by atoms with Crippen molar-refractivity contribution in [1.82, 2.24) is 14.1 Å². The van der Waals surface area contributed by atoms with Crippen molar-refractivity contribution >= 4 is 22.8 Å². The van der Waals surface area contributed by atoms with Crippen molar-refractivity contribution in [3.63, 3.8) is 0 Å². The summed E-state index contributed by atoms with van der Waals surface area (Å²) in [6.45, 7) is 3.95. The monoisotopic (exact) mass is 407 g/mol. The largest absolute Gasteiger partial charge is 0.344 e. The van der Waals surface area contributed by atoms with Crippen molar-refractivity contribution in [3.8, 4) is 11.1 Å². The highest BCUT2D eigenvalue weighted by molar-refractivity contribution is 7.98. The Morgan fingerprint density at radius 1 is 1.10 bits per heavy atom. The van der Waals surface area contributed by atoms with Gasteiger partial charge in [0.2, 0.25) is 0 Å². The first-order valence-electron chi connectivity index (χ1n) is 9.50. The molecule has 2 aromatic heterocycles. The number of halogens is 1. The highest BCUT2D eigenvalue weighted by Gasteiger charge is 2.20. The van der Waals surface area contributed by atoms with E-state index in [0.29, 0.717) is 21.9 Å². The van der Waals surface area contributed by atoms with Crippen LogP contribution in [-0.4, -0.2) is 14.1 Å². The van der Waals surface area contributed by atoms with Crippen LogP contribution in [0.1, 0.15) is 25.5 Å². The molecule has 0 bridgehead atoms. The summed E-state index contributed by atoms with van der Waals surface area (Å²) in [4.78, 5) is 18.3. The van der Waals surface area contributed by atoms with Crippen molar-refractivity contribution in [2.45, 2.75) is 30.8 Å². The molecule has 0 amide bonds. The second kappa shape index (κ2) is 7.87. The maximum atomic E-state index is 13.5. The minimum atomic E-state index is -0.262. The standard InChI is InChI=1S/C23H22FN3OS/c1-15(2)27-22(28)21-20(19(13-26(21)3)17-9-5-4-6-10-17)25-23(27)29-14-16-8-7-11-18(24)12-16/h4-13,15H,14H2,1-3H3. The van der Waals surface area contributed by atoms with E-state index in [4.69, 9.17) is 4.98 Å². The van der Waals surface area contributed by atoms with Crippen molar-refractivity contribution < 1.29 is 4.39 Å². The summed E-state index contributed by atoms with van der Waals surface area (Å²) < 4.78 is 17.1. The van der Waals surface area contributed by atoms with E-state index in [0.717, 1.165) is 16.7 Å². The van der Waals surface area contributed by atoms with Gasteiger partial charge in [-0.3, -0.25) is 9.36 Å². The Balaban J connectivity index is 1.86. The van der Waals surface area contributed by atoms with Crippen LogP contribution in [0.4, 0.5) is 4.39 Å². The number of hydrogen-bond donors (Lipinski definition) is 0. The summed E-state index contributed by atoms with van der Waals surface area (Å²) in [5.41, 5.74) is 4.04. The topological polar surface area (TPSA) is 39.8 Å². The summed E-state index contributed by atoms with van der Waals surface area (Å²) in [6, 6.07) is 16.4. The zero-order valence-corrected chi connectivity index (χ0v) is 17.4. The predicted octanol–water partition coefficient (Wildman–Crippen LogP) is 5.41. The molecule has 0 saturated heterocycles. The fraction of sp³-hybridized carbons (Fsp3) is 0.217. The quantitative estimate of drug-likeness (QED) is 0.328. The second-order valence-electron chi connectivity index (χ2n) is 7.30. The molecule has 0 N–H and O–H groups in total. The fourth-order valence-corrected chi connectivity index (χ4v) is 4.55. The molecule has 0 radical (unpaired) electrons. The molecule has 0 aliphatic rings. The van der Waals surface area contributed by atoms with Crippen LogP contribution in [-0.2, 0) is 12.8 Å². The van der Waals surface area contributed by atoms with Gasteiger partial charge in [0.25, 0.3) is 5.56 Å². The first-order chi connectivity index (χ1) is 14.0. The molecule has 0 aliphatic carbocycles. The fourth-order valence-electron chi connectivity index (χ4n) is 3.49. The molecule has 0 aliphatic heterocycles. The van der Waals surface area contributed by atoms with Gasteiger partial charge in [0.1, 0.15) is 16.9 Å². The molecule has 4 aromatic rings. The molecule has 0 unspecified atom stereocenters. The average molecular weight is 408 g/mol. The summed E-state index contributed by atoms with van der Waals surface area (Å²) in [5.74, 6) is 0.276. The number of thioether (sulfide) groups is 1. The first kappa shape index (κ1) is 19.5. The van der Waals surface area contributed by atoms with Crippen LogP contribution in [0.15, 0.2) is 70.7 Å². The van der Waals surface area contributed by atoms with E-state index >= 15 is 0 Å². The van der Waals surface area contributed by atoms with Crippen LogP contribution < -0.4 is 5.56 Å². The maximum absolute atomic E-state index is 13.5. The summed E-state index contributed by atoms with van der Waals surface area (Å²) in [6.07, 6.45) is 1.96. The van der Waals surface area contributed by atoms with E-state index in [1.807, 2.05) is 68.1 Å². The Bertz CT molecular complexity index is 1230. The van der Waals surface area contributed by atoms with Crippen LogP contribution in [0.2, 0.25) is 0 Å². The number of nitrogens with zero attached hydrogens (tertiary/aromatic N) is 3. The third-order valence-electron chi connectivity index (χ3n) is 4.85. The highest BCUT2D eigenvalue weighted by atomic mass is 32.2. The third-order valence-corrected chi connectivity index (χ3v) is 5.87. The number of benzene rings is 2. The lowest BCUT2D eigenvalue weighted by Gasteiger charge is -2.16. The number of aromatic nitrogens is 3. The first-order valence-corrected chi connectivity index (χ1v) is 10.5. The maximum Gasteiger partial charge on any atom is 0.278 e. The Morgan fingerprint density at radius 2 is 1.86 bits per heavy atom. The van der Waals surface area contributed by atoms with Crippen LogP contribution >= 0.6 is 11.8 Å². The molecule has 2 aromatic carbocycles. The molecule has 0 atom stereocenters. The van der Waals surface area contributed by atoms with Gasteiger partial charge < -0.3 is 4.57 Å². The van der Waals surface area contributed by atoms with E-state index in [9.17, 15) is 9.18 Å². The molecule has 0 spiro atoms. The lowest BCUT2D eigenvalue weighted by molar-refractivity contribution is 0.517. The van der Waals surface area contributed by atoms with E-state index in [1.165, 1.54) is 23.9 Å². The average Bonchev–Trinajstić information content (AvgIpc) is 3.03. The van der Waals surface area contributed by atoms with Gasteiger partial charge in [0.05, 0.1) is 0 Å². The number of aryl methyl sites for hydroxylation is 1. The van der Waals surface area contributed by atoms with E-state index < -0.39 is 0 Å². The van der Waals surface area contributed by atoms with Gasteiger partial charge in [-0.1, -0.05) is 54.2 Å². The number of hydrogen-bond acceptors (Lipinski definition) is 3. The molecule has 4 rings (SSSR count). The van der Waals surface area contributed by atoms with Gasteiger partial charge >= 0.3 is 0 Å². The number of rotatable bonds is 5. The molecule has 0 saturated carbocycles. The smallest absolute Gasteiger partial charge is 0.278 e. The predicted molar refractivity (Wildman–Crippen MR) is 117 cm³/mol. The lowest BCUT2D eigenvalue weighted by atomic mass is 10.1. The normalized spacial score (nSPS) is 11.5. The Labute approximate surface area is 173 Å². The molecule has 148 valence electrons. The molecule has 0 fully saturated rings. The Kier molecular flexibility index (Phi) is 5.28. The summed E-state index contributed by atoms with van der Waals surface area (Å²) >= 11 is 1.46. The van der Waals surface area contributed by atoms with E-state index in [2.05, 4.69) is 0 Å². The molecule has 29 heavy (non-hydrogen) atoms. The molecule has 4 nitrogen and oxygen atoms in total. The van der Waals surface area contributed by atoms with Gasteiger partial charge in [-0.25, -0.2) is 9.37 Å². The minimum absolute atomic E-state index is 0.0375. The van der Waals surface area contributed by atoms with E-state index in [1.54, 1.807) is 10.6 Å².